The molecule has 120 valence electrons. The second-order valence-corrected chi connectivity index (χ2v) is 8.26. The highest BCUT2D eigenvalue weighted by Gasteiger charge is 2.27. The summed E-state index contributed by atoms with van der Waals surface area (Å²) < 4.78 is 25.3. The van der Waals surface area contributed by atoms with Crippen molar-refractivity contribution in [1.29, 1.82) is 0 Å². The fourth-order valence-corrected chi connectivity index (χ4v) is 3.64. The highest BCUT2D eigenvalue weighted by atomic mass is 32.2. The highest BCUT2D eigenvalue weighted by Crippen LogP contribution is 2.12. The molecule has 0 aliphatic heterocycles. The first-order chi connectivity index (χ1) is 9.73. The van der Waals surface area contributed by atoms with Gasteiger partial charge < -0.3 is 5.32 Å². The van der Waals surface area contributed by atoms with E-state index in [4.69, 9.17) is 0 Å². The maximum Gasteiger partial charge on any atom is 0.238 e. The van der Waals surface area contributed by atoms with Gasteiger partial charge in [0.05, 0.1) is 6.26 Å². The van der Waals surface area contributed by atoms with Crippen molar-refractivity contribution in [2.45, 2.75) is 45.7 Å². The van der Waals surface area contributed by atoms with Crippen molar-refractivity contribution in [3.63, 3.8) is 0 Å². The van der Waals surface area contributed by atoms with Crippen LogP contribution in [0.1, 0.15) is 32.1 Å². The Kier molecular flexibility index (Phi) is 6.83. The van der Waals surface area contributed by atoms with Crippen molar-refractivity contribution in [3.8, 4) is 0 Å². The van der Waals surface area contributed by atoms with E-state index in [0.29, 0.717) is 0 Å². The van der Waals surface area contributed by atoms with Crippen molar-refractivity contribution in [3.05, 3.63) is 22.4 Å². The van der Waals surface area contributed by atoms with Crippen molar-refractivity contribution >= 4 is 27.3 Å². The Labute approximate surface area is 131 Å². The molecule has 0 radical (unpaired) electrons. The van der Waals surface area contributed by atoms with Crippen LogP contribution in [0.5, 0.6) is 0 Å². The van der Waals surface area contributed by atoms with E-state index in [1.165, 1.54) is 4.88 Å². The topological polar surface area (TPSA) is 75.3 Å². The molecule has 0 saturated heterocycles. The van der Waals surface area contributed by atoms with Gasteiger partial charge in [-0.05, 0) is 24.3 Å². The molecule has 1 aromatic rings. The van der Waals surface area contributed by atoms with Gasteiger partial charge in [0.1, 0.15) is 6.04 Å². The van der Waals surface area contributed by atoms with E-state index in [2.05, 4.69) is 10.0 Å². The molecule has 0 fully saturated rings. The molecule has 0 unspecified atom stereocenters. The van der Waals surface area contributed by atoms with Gasteiger partial charge in [-0.2, -0.15) is 0 Å². The maximum absolute atomic E-state index is 12.3. The summed E-state index contributed by atoms with van der Waals surface area (Å²) in [4.78, 5) is 13.5. The van der Waals surface area contributed by atoms with Gasteiger partial charge in [-0.3, -0.25) is 4.79 Å². The van der Waals surface area contributed by atoms with E-state index in [-0.39, 0.29) is 17.9 Å². The minimum atomic E-state index is -3.42. The summed E-state index contributed by atoms with van der Waals surface area (Å²) in [6.45, 7) is 5.72. The van der Waals surface area contributed by atoms with Crippen molar-refractivity contribution in [1.82, 2.24) is 10.0 Å². The second kappa shape index (κ2) is 7.91. The molecule has 1 amide bonds. The molecule has 1 rings (SSSR count). The fourth-order valence-electron chi connectivity index (χ4n) is 2.01. The first-order valence-corrected chi connectivity index (χ1v) is 9.80. The largest absolute Gasteiger partial charge is 0.352 e. The monoisotopic (exact) mass is 332 g/mol. The minimum absolute atomic E-state index is 0.0379. The van der Waals surface area contributed by atoms with Crippen LogP contribution in [0.4, 0.5) is 0 Å². The molecule has 7 heteroatoms. The van der Waals surface area contributed by atoms with E-state index < -0.39 is 16.1 Å². The molecule has 0 aromatic carbocycles. The summed E-state index contributed by atoms with van der Waals surface area (Å²) >= 11 is 1.64. The molecule has 3 atom stereocenters. The Morgan fingerprint density at radius 2 is 2.05 bits per heavy atom. The molecule has 0 bridgehead atoms. The lowest BCUT2D eigenvalue weighted by atomic mass is 9.99. The van der Waals surface area contributed by atoms with Crippen LogP contribution in [0.25, 0.3) is 0 Å². The molecule has 1 heterocycles. The molecule has 0 saturated carbocycles. The van der Waals surface area contributed by atoms with Gasteiger partial charge in [0.25, 0.3) is 0 Å². The molecule has 21 heavy (non-hydrogen) atoms. The Morgan fingerprint density at radius 3 is 2.52 bits per heavy atom. The van der Waals surface area contributed by atoms with Crippen LogP contribution in [0, 0.1) is 5.92 Å². The summed E-state index contributed by atoms with van der Waals surface area (Å²) in [6, 6.07) is 3.23. The molecule has 0 spiro atoms. The standard InChI is InChI=1S/C14H24N2O3S2/c1-5-10(2)13(16-21(4,18)19)14(17)15-11(3)9-12-7-6-8-20-12/h6-8,10-11,13,16H,5,9H2,1-4H3,(H,15,17)/t10-,11-,13-/m0/s1. The van der Waals surface area contributed by atoms with Gasteiger partial charge >= 0.3 is 0 Å². The Morgan fingerprint density at radius 1 is 1.38 bits per heavy atom. The van der Waals surface area contributed by atoms with Crippen molar-refractivity contribution in [2.75, 3.05) is 6.26 Å². The third kappa shape index (κ3) is 6.58. The summed E-state index contributed by atoms with van der Waals surface area (Å²) in [6.07, 6.45) is 2.54. The van der Waals surface area contributed by atoms with E-state index in [9.17, 15) is 13.2 Å². The highest BCUT2D eigenvalue weighted by molar-refractivity contribution is 7.88. The van der Waals surface area contributed by atoms with Crippen LogP contribution < -0.4 is 10.0 Å². The summed E-state index contributed by atoms with van der Waals surface area (Å²) in [5.41, 5.74) is 0. The normalized spacial score (nSPS) is 16.2. The number of hydrogen-bond acceptors (Lipinski definition) is 4. The van der Waals surface area contributed by atoms with Crippen LogP contribution >= 0.6 is 11.3 Å². The third-order valence-corrected chi connectivity index (χ3v) is 4.89. The Balaban J connectivity index is 2.67. The van der Waals surface area contributed by atoms with Gasteiger partial charge in [-0.25, -0.2) is 13.1 Å². The first kappa shape index (κ1) is 18.1. The zero-order chi connectivity index (χ0) is 16.0. The molecule has 0 aliphatic rings. The van der Waals surface area contributed by atoms with Gasteiger partial charge in [-0.15, -0.1) is 11.3 Å². The number of sulfonamides is 1. The maximum atomic E-state index is 12.3. The van der Waals surface area contributed by atoms with E-state index >= 15 is 0 Å². The lowest BCUT2D eigenvalue weighted by Gasteiger charge is -2.24. The number of amides is 1. The SMILES string of the molecule is CC[C@H](C)[C@H](NS(C)(=O)=O)C(=O)N[C@@H](C)Cc1cccs1. The number of carbonyl (C=O) groups is 1. The summed E-state index contributed by atoms with van der Waals surface area (Å²) in [5, 5.41) is 4.89. The van der Waals surface area contributed by atoms with E-state index in [0.717, 1.165) is 19.1 Å². The number of thiophene rings is 1. The van der Waals surface area contributed by atoms with Gasteiger partial charge in [-0.1, -0.05) is 26.3 Å². The fraction of sp³-hybridized carbons (Fsp3) is 0.643. The van der Waals surface area contributed by atoms with Crippen LogP contribution in [0.15, 0.2) is 17.5 Å². The number of rotatable bonds is 8. The number of nitrogens with one attached hydrogen (secondary N) is 2. The van der Waals surface area contributed by atoms with Crippen LogP contribution in [-0.2, 0) is 21.2 Å². The predicted molar refractivity (Wildman–Crippen MR) is 86.9 cm³/mol. The summed E-state index contributed by atoms with van der Waals surface area (Å²) in [5.74, 6) is -0.326. The van der Waals surface area contributed by atoms with Crippen LogP contribution in [-0.4, -0.2) is 32.7 Å². The number of carbonyl (C=O) groups excluding carboxylic acids is 1. The average Bonchev–Trinajstić information content (AvgIpc) is 2.86. The molecule has 0 aliphatic carbocycles. The second-order valence-electron chi connectivity index (χ2n) is 5.45. The molecule has 2 N–H and O–H groups in total. The quantitative estimate of drug-likeness (QED) is 0.762. The van der Waals surface area contributed by atoms with Crippen molar-refractivity contribution < 1.29 is 13.2 Å². The van der Waals surface area contributed by atoms with Crippen LogP contribution in [0.3, 0.4) is 0 Å². The van der Waals surface area contributed by atoms with Crippen LogP contribution in [0.2, 0.25) is 0 Å². The minimum Gasteiger partial charge on any atom is -0.352 e. The Bertz CT molecular complexity index is 541. The van der Waals surface area contributed by atoms with Gasteiger partial charge in [0.15, 0.2) is 0 Å². The van der Waals surface area contributed by atoms with E-state index in [1.807, 2.05) is 38.3 Å². The van der Waals surface area contributed by atoms with E-state index in [1.54, 1.807) is 11.3 Å². The van der Waals surface area contributed by atoms with Gasteiger partial charge in [0.2, 0.25) is 15.9 Å². The zero-order valence-corrected chi connectivity index (χ0v) is 14.6. The first-order valence-electron chi connectivity index (χ1n) is 7.03. The smallest absolute Gasteiger partial charge is 0.238 e. The lowest BCUT2D eigenvalue weighted by Crippen LogP contribution is -2.52. The summed E-state index contributed by atoms with van der Waals surface area (Å²) in [7, 11) is -3.42. The number of hydrogen-bond donors (Lipinski definition) is 2. The van der Waals surface area contributed by atoms with Gasteiger partial charge in [0, 0.05) is 17.3 Å². The molecule has 5 nitrogen and oxygen atoms in total. The lowest BCUT2D eigenvalue weighted by molar-refractivity contribution is -0.124. The molecular weight excluding hydrogens is 308 g/mol. The molecule has 1 aromatic heterocycles. The Hall–Kier alpha value is -0.920. The van der Waals surface area contributed by atoms with Crippen molar-refractivity contribution in [2.24, 2.45) is 5.92 Å². The predicted octanol–water partition coefficient (Wildman–Crippen LogP) is 1.76. The zero-order valence-electron chi connectivity index (χ0n) is 12.9. The average molecular weight is 332 g/mol. The molecular formula is C14H24N2O3S2. The third-order valence-electron chi connectivity index (χ3n) is 3.31.